The van der Waals surface area contributed by atoms with E-state index in [-0.39, 0.29) is 0 Å². The number of hydrogen-bond donors (Lipinski definition) is 1. The summed E-state index contributed by atoms with van der Waals surface area (Å²) < 4.78 is 5.54. The zero-order valence-electron chi connectivity index (χ0n) is 8.79. The Morgan fingerprint density at radius 2 is 2.20 bits per heavy atom. The largest absolute Gasteiger partial charge is 0.491 e. The summed E-state index contributed by atoms with van der Waals surface area (Å²) in [6, 6.07) is 5.54. The molecule has 1 saturated carbocycles. The lowest BCUT2D eigenvalue weighted by Gasteiger charge is -2.36. The van der Waals surface area contributed by atoms with E-state index >= 15 is 0 Å². The zero-order valence-corrected chi connectivity index (χ0v) is 9.55. The molecule has 2 nitrogen and oxygen atoms in total. The maximum Gasteiger partial charge on any atom is 0.119 e. The van der Waals surface area contributed by atoms with E-state index in [1.165, 1.54) is 0 Å². The van der Waals surface area contributed by atoms with E-state index in [1.54, 1.807) is 0 Å². The molecule has 0 bridgehead atoms. The summed E-state index contributed by atoms with van der Waals surface area (Å²) in [5.74, 6) is 0.775. The summed E-state index contributed by atoms with van der Waals surface area (Å²) in [7, 11) is 0. The van der Waals surface area contributed by atoms with Gasteiger partial charge in [-0.15, -0.1) is 0 Å². The van der Waals surface area contributed by atoms with E-state index in [0.717, 1.165) is 35.6 Å². The maximum atomic E-state index is 9.84. The van der Waals surface area contributed by atoms with Crippen molar-refractivity contribution in [2.24, 2.45) is 0 Å². The van der Waals surface area contributed by atoms with E-state index in [4.69, 9.17) is 16.3 Å². The van der Waals surface area contributed by atoms with E-state index in [1.807, 2.05) is 25.1 Å². The van der Waals surface area contributed by atoms with Crippen molar-refractivity contribution in [3.05, 3.63) is 28.8 Å². The summed E-state index contributed by atoms with van der Waals surface area (Å²) in [6.07, 6.45) is 2.79. The first-order valence-electron chi connectivity index (χ1n) is 5.20. The number of ether oxygens (including phenoxy) is 1. The van der Waals surface area contributed by atoms with Crippen LogP contribution in [-0.4, -0.2) is 17.3 Å². The summed E-state index contributed by atoms with van der Waals surface area (Å²) >= 11 is 5.90. The molecule has 0 spiro atoms. The second-order valence-electron chi connectivity index (χ2n) is 4.28. The van der Waals surface area contributed by atoms with Gasteiger partial charge < -0.3 is 9.84 Å². The van der Waals surface area contributed by atoms with Gasteiger partial charge in [0.2, 0.25) is 0 Å². The maximum absolute atomic E-state index is 9.84. The highest BCUT2D eigenvalue weighted by atomic mass is 35.5. The van der Waals surface area contributed by atoms with Crippen molar-refractivity contribution in [1.82, 2.24) is 0 Å². The first-order chi connectivity index (χ1) is 7.09. The quantitative estimate of drug-likeness (QED) is 0.859. The Hall–Kier alpha value is -0.730. The Kier molecular flexibility index (Phi) is 2.89. The molecule has 1 N–H and O–H groups in total. The Morgan fingerprint density at radius 1 is 1.47 bits per heavy atom. The monoisotopic (exact) mass is 226 g/mol. The molecular weight excluding hydrogens is 212 g/mol. The van der Waals surface area contributed by atoms with Crippen LogP contribution in [0, 0.1) is 6.92 Å². The molecule has 0 aromatic heterocycles. The lowest BCUT2D eigenvalue weighted by Crippen LogP contribution is -2.42. The lowest BCUT2D eigenvalue weighted by atomic mass is 9.81. The van der Waals surface area contributed by atoms with Crippen molar-refractivity contribution >= 4 is 11.6 Å². The number of hydrogen-bond acceptors (Lipinski definition) is 2. The van der Waals surface area contributed by atoms with Crippen LogP contribution < -0.4 is 4.74 Å². The van der Waals surface area contributed by atoms with Crippen LogP contribution in [0.5, 0.6) is 5.75 Å². The highest BCUT2D eigenvalue weighted by Crippen LogP contribution is 2.32. The summed E-state index contributed by atoms with van der Waals surface area (Å²) in [5.41, 5.74) is 0.405. The van der Waals surface area contributed by atoms with Crippen molar-refractivity contribution in [2.75, 3.05) is 6.61 Å². The average Bonchev–Trinajstić information content (AvgIpc) is 2.17. The van der Waals surface area contributed by atoms with Crippen LogP contribution in [-0.2, 0) is 0 Å². The lowest BCUT2D eigenvalue weighted by molar-refractivity contribution is -0.0663. The van der Waals surface area contributed by atoms with Crippen molar-refractivity contribution < 1.29 is 9.84 Å². The van der Waals surface area contributed by atoms with Crippen molar-refractivity contribution in [3.63, 3.8) is 0 Å². The van der Waals surface area contributed by atoms with Gasteiger partial charge in [0, 0.05) is 5.02 Å². The Bertz CT molecular complexity index is 359. The fourth-order valence-corrected chi connectivity index (χ4v) is 1.77. The average molecular weight is 227 g/mol. The van der Waals surface area contributed by atoms with Crippen LogP contribution in [0.4, 0.5) is 0 Å². The zero-order chi connectivity index (χ0) is 10.9. The molecule has 1 aromatic rings. The van der Waals surface area contributed by atoms with Crippen LogP contribution in [0.2, 0.25) is 5.02 Å². The first-order valence-corrected chi connectivity index (χ1v) is 5.58. The molecule has 0 radical (unpaired) electrons. The number of aliphatic hydroxyl groups is 1. The van der Waals surface area contributed by atoms with Crippen LogP contribution >= 0.6 is 11.6 Å². The van der Waals surface area contributed by atoms with E-state index in [0.29, 0.717) is 6.61 Å². The SMILES string of the molecule is Cc1cc(OCC2(O)CCC2)ccc1Cl. The molecule has 3 heteroatoms. The van der Waals surface area contributed by atoms with Crippen LogP contribution in [0.1, 0.15) is 24.8 Å². The predicted molar refractivity (Wildman–Crippen MR) is 60.5 cm³/mol. The van der Waals surface area contributed by atoms with Gasteiger partial charge in [-0.2, -0.15) is 0 Å². The molecule has 0 saturated heterocycles. The second kappa shape index (κ2) is 4.03. The molecule has 1 aliphatic carbocycles. The molecular formula is C12H15ClO2. The number of rotatable bonds is 3. The minimum Gasteiger partial charge on any atom is -0.491 e. The van der Waals surface area contributed by atoms with Crippen LogP contribution in [0.25, 0.3) is 0 Å². The van der Waals surface area contributed by atoms with Crippen molar-refractivity contribution in [2.45, 2.75) is 31.8 Å². The molecule has 15 heavy (non-hydrogen) atoms. The highest BCUT2D eigenvalue weighted by molar-refractivity contribution is 6.31. The van der Waals surface area contributed by atoms with Gasteiger partial charge in [0.15, 0.2) is 0 Å². The fourth-order valence-electron chi connectivity index (χ4n) is 1.65. The molecule has 1 fully saturated rings. The van der Waals surface area contributed by atoms with Gasteiger partial charge in [-0.05, 0) is 49.9 Å². The van der Waals surface area contributed by atoms with Gasteiger partial charge in [0.05, 0.1) is 5.60 Å². The van der Waals surface area contributed by atoms with Gasteiger partial charge in [0.25, 0.3) is 0 Å². The van der Waals surface area contributed by atoms with Gasteiger partial charge in [-0.1, -0.05) is 11.6 Å². The smallest absolute Gasteiger partial charge is 0.119 e. The van der Waals surface area contributed by atoms with Crippen molar-refractivity contribution in [3.8, 4) is 5.75 Å². The summed E-state index contributed by atoms with van der Waals surface area (Å²) in [6.45, 7) is 2.32. The summed E-state index contributed by atoms with van der Waals surface area (Å²) in [4.78, 5) is 0. The van der Waals surface area contributed by atoms with Crippen molar-refractivity contribution in [1.29, 1.82) is 0 Å². The molecule has 82 valence electrons. The third-order valence-corrected chi connectivity index (χ3v) is 3.35. The van der Waals surface area contributed by atoms with Gasteiger partial charge in [0.1, 0.15) is 12.4 Å². The van der Waals surface area contributed by atoms with Gasteiger partial charge in [-0.3, -0.25) is 0 Å². The topological polar surface area (TPSA) is 29.5 Å². The normalized spacial score (nSPS) is 18.3. The van der Waals surface area contributed by atoms with Crippen LogP contribution in [0.15, 0.2) is 18.2 Å². The van der Waals surface area contributed by atoms with Gasteiger partial charge >= 0.3 is 0 Å². The molecule has 0 unspecified atom stereocenters. The Balaban J connectivity index is 1.96. The number of aryl methyl sites for hydroxylation is 1. The molecule has 0 atom stereocenters. The first kappa shape index (κ1) is 10.8. The highest BCUT2D eigenvalue weighted by Gasteiger charge is 2.35. The second-order valence-corrected chi connectivity index (χ2v) is 4.68. The molecule has 0 aliphatic heterocycles. The van der Waals surface area contributed by atoms with E-state index < -0.39 is 5.60 Å². The Labute approximate surface area is 94.8 Å². The third kappa shape index (κ3) is 2.44. The van der Waals surface area contributed by atoms with E-state index in [9.17, 15) is 5.11 Å². The number of halogens is 1. The predicted octanol–water partition coefficient (Wildman–Crippen LogP) is 2.94. The molecule has 1 aromatic carbocycles. The van der Waals surface area contributed by atoms with Crippen LogP contribution in [0.3, 0.4) is 0 Å². The third-order valence-electron chi connectivity index (χ3n) is 2.92. The van der Waals surface area contributed by atoms with E-state index in [2.05, 4.69) is 0 Å². The summed E-state index contributed by atoms with van der Waals surface area (Å²) in [5, 5.41) is 10.6. The number of benzene rings is 1. The molecule has 1 aliphatic rings. The minimum absolute atomic E-state index is 0.383. The molecule has 0 heterocycles. The minimum atomic E-state index is -0.590. The molecule has 0 amide bonds. The Morgan fingerprint density at radius 3 is 2.73 bits per heavy atom. The fraction of sp³-hybridized carbons (Fsp3) is 0.500. The van der Waals surface area contributed by atoms with Gasteiger partial charge in [-0.25, -0.2) is 0 Å². The standard InChI is InChI=1S/C12H15ClO2/c1-9-7-10(3-4-11(9)13)15-8-12(14)5-2-6-12/h3-4,7,14H,2,5-6,8H2,1H3. The molecule has 2 rings (SSSR count).